The Morgan fingerprint density at radius 1 is 1.30 bits per heavy atom. The van der Waals surface area contributed by atoms with Crippen molar-refractivity contribution >= 4 is 56.2 Å². The predicted octanol–water partition coefficient (Wildman–Crippen LogP) is -0.168. The molecule has 2 aliphatic rings. The van der Waals surface area contributed by atoms with Crippen molar-refractivity contribution in [1.82, 2.24) is 20.7 Å². The third kappa shape index (κ3) is 8.92. The third-order valence-corrected chi connectivity index (χ3v) is 8.59. The topological polar surface area (TPSA) is 270 Å². The minimum absolute atomic E-state index is 0.0180. The SMILES string of the molecule is Cc1sc(N)nc1/C(=N/O[C@@H](COc1ccc(C(N)=N[C@@H]2CCCNC2)cc1)C(=O)O)C(=O)NCC1C(=O)N(OS(=O)(=O)O)C1(C)C. The largest absolute Gasteiger partial charge is 0.489 e. The first-order valence-electron chi connectivity index (χ1n) is 14.3. The van der Waals surface area contributed by atoms with Gasteiger partial charge in [-0.2, -0.15) is 13.5 Å². The molecule has 8 N–H and O–H groups in total. The number of β-lactam (4-membered cyclic amide) rings is 1. The van der Waals surface area contributed by atoms with Crippen molar-refractivity contribution in [2.24, 2.45) is 21.8 Å². The van der Waals surface area contributed by atoms with Crippen molar-refractivity contribution in [2.45, 2.75) is 51.3 Å². The van der Waals surface area contributed by atoms with E-state index >= 15 is 0 Å². The summed E-state index contributed by atoms with van der Waals surface area (Å²) >= 11 is 1.05. The van der Waals surface area contributed by atoms with E-state index in [-0.39, 0.29) is 23.4 Å². The van der Waals surface area contributed by atoms with Crippen LogP contribution < -0.4 is 26.8 Å². The number of aryl methyl sites for hydroxylation is 1. The van der Waals surface area contributed by atoms with Gasteiger partial charge in [-0.3, -0.25) is 19.1 Å². The van der Waals surface area contributed by atoms with E-state index in [1.165, 1.54) is 13.8 Å². The number of hydroxylamine groups is 2. The number of carbonyl (C=O) groups is 3. The van der Waals surface area contributed by atoms with E-state index in [4.69, 9.17) is 25.6 Å². The molecule has 0 spiro atoms. The number of hydrogen-bond acceptors (Lipinski definition) is 14. The second-order valence-corrected chi connectivity index (χ2v) is 13.5. The van der Waals surface area contributed by atoms with Gasteiger partial charge in [-0.05, 0) is 64.4 Å². The third-order valence-electron chi connectivity index (χ3n) is 7.45. The van der Waals surface area contributed by atoms with Crippen LogP contribution in [0.25, 0.3) is 0 Å². The molecule has 0 radical (unpaired) electrons. The Morgan fingerprint density at radius 3 is 2.55 bits per heavy atom. The maximum atomic E-state index is 13.3. The average Bonchev–Trinajstić information content (AvgIpc) is 3.34. The molecule has 3 atom stereocenters. The molecule has 0 saturated carbocycles. The summed E-state index contributed by atoms with van der Waals surface area (Å²) in [6.07, 6.45) is 0.307. The molecule has 47 heavy (non-hydrogen) atoms. The highest BCUT2D eigenvalue weighted by Crippen LogP contribution is 2.38. The first-order chi connectivity index (χ1) is 22.1. The van der Waals surface area contributed by atoms with Crippen molar-refractivity contribution in [1.29, 1.82) is 0 Å². The normalized spacial score (nSPS) is 20.7. The zero-order valence-electron chi connectivity index (χ0n) is 25.7. The average molecular weight is 697 g/mol. The van der Waals surface area contributed by atoms with E-state index in [0.717, 1.165) is 37.3 Å². The summed E-state index contributed by atoms with van der Waals surface area (Å²) in [7, 11) is -4.96. The molecule has 3 heterocycles. The molecular weight excluding hydrogens is 660 g/mol. The van der Waals surface area contributed by atoms with Gasteiger partial charge >= 0.3 is 16.4 Å². The van der Waals surface area contributed by atoms with Crippen molar-refractivity contribution in [3.05, 3.63) is 40.4 Å². The van der Waals surface area contributed by atoms with Gasteiger partial charge in [-0.15, -0.1) is 15.6 Å². The number of amides is 2. The summed E-state index contributed by atoms with van der Waals surface area (Å²) in [6.45, 7) is 5.45. The molecule has 2 aromatic rings. The molecule has 2 aliphatic heterocycles. The number of anilines is 1. The van der Waals surface area contributed by atoms with Crippen LogP contribution >= 0.6 is 11.3 Å². The molecule has 1 aromatic heterocycles. The number of oxime groups is 1. The van der Waals surface area contributed by atoms with Crippen LogP contribution in [-0.2, 0) is 33.9 Å². The molecule has 2 amide bonds. The van der Waals surface area contributed by atoms with Gasteiger partial charge in [0.1, 0.15) is 23.9 Å². The van der Waals surface area contributed by atoms with Gasteiger partial charge in [-0.25, -0.2) is 9.78 Å². The molecule has 1 unspecified atom stereocenters. The summed E-state index contributed by atoms with van der Waals surface area (Å²) in [6, 6.07) is 6.68. The van der Waals surface area contributed by atoms with Gasteiger partial charge in [0.2, 0.25) is 0 Å². The lowest BCUT2D eigenvalue weighted by Crippen LogP contribution is -2.70. The number of aliphatic imine (C=N–C) groups is 1. The summed E-state index contributed by atoms with van der Waals surface area (Å²) in [5, 5.41) is 19.9. The van der Waals surface area contributed by atoms with Crippen molar-refractivity contribution in [3.8, 4) is 5.75 Å². The number of aliphatic carboxylic acids is 1. The number of nitrogens with two attached hydrogens (primary N) is 2. The number of amidine groups is 1. The number of nitrogens with zero attached hydrogens (tertiary/aromatic N) is 4. The van der Waals surface area contributed by atoms with Crippen LogP contribution in [0.5, 0.6) is 5.75 Å². The number of nitrogens with one attached hydrogen (secondary N) is 2. The quantitative estimate of drug-likeness (QED) is 0.0492. The van der Waals surface area contributed by atoms with Gasteiger partial charge in [0.15, 0.2) is 10.8 Å². The number of nitrogen functional groups attached to an aromatic ring is 1. The highest BCUT2D eigenvalue weighted by atomic mass is 32.3. The molecule has 1 aromatic carbocycles. The fourth-order valence-corrected chi connectivity index (χ4v) is 5.99. The lowest BCUT2D eigenvalue weighted by atomic mass is 9.78. The van der Waals surface area contributed by atoms with Crippen LogP contribution in [0.15, 0.2) is 34.4 Å². The van der Waals surface area contributed by atoms with E-state index in [2.05, 4.69) is 30.0 Å². The fraction of sp³-hybridized carbons (Fsp3) is 0.481. The molecule has 20 heteroatoms. The second-order valence-electron chi connectivity index (χ2n) is 11.2. The number of thiazole rings is 1. The smallest absolute Gasteiger partial charge is 0.418 e. The van der Waals surface area contributed by atoms with E-state index in [9.17, 15) is 27.9 Å². The van der Waals surface area contributed by atoms with Gasteiger partial charge in [0, 0.05) is 23.5 Å². The zero-order chi connectivity index (χ0) is 34.5. The van der Waals surface area contributed by atoms with E-state index in [1.54, 1.807) is 31.2 Å². The number of aromatic nitrogens is 1. The van der Waals surface area contributed by atoms with Crippen LogP contribution in [-0.4, -0.2) is 101 Å². The van der Waals surface area contributed by atoms with Crippen molar-refractivity contribution < 1.29 is 46.3 Å². The summed E-state index contributed by atoms with van der Waals surface area (Å²) in [5.41, 5.74) is 11.0. The number of carboxylic acid groups (broad SMARTS) is 1. The minimum atomic E-state index is -4.96. The highest BCUT2D eigenvalue weighted by Gasteiger charge is 2.57. The van der Waals surface area contributed by atoms with Crippen molar-refractivity contribution in [3.63, 3.8) is 0 Å². The van der Waals surface area contributed by atoms with Crippen LogP contribution in [0.4, 0.5) is 5.13 Å². The molecule has 4 rings (SSSR count). The molecular formula is C27H36N8O10S2. The Morgan fingerprint density at radius 2 is 2.00 bits per heavy atom. The lowest BCUT2D eigenvalue weighted by Gasteiger charge is -2.50. The second kappa shape index (κ2) is 14.6. The van der Waals surface area contributed by atoms with Crippen LogP contribution in [0.2, 0.25) is 0 Å². The zero-order valence-corrected chi connectivity index (χ0v) is 27.3. The van der Waals surface area contributed by atoms with E-state index in [1.807, 2.05) is 0 Å². The maximum Gasteiger partial charge on any atom is 0.418 e. The monoisotopic (exact) mass is 696 g/mol. The molecule has 18 nitrogen and oxygen atoms in total. The summed E-state index contributed by atoms with van der Waals surface area (Å²) < 4.78 is 41.0. The van der Waals surface area contributed by atoms with Crippen LogP contribution in [0.1, 0.15) is 42.8 Å². The Labute approximate surface area is 274 Å². The number of carboxylic acids is 1. The number of hydrogen-bond donors (Lipinski definition) is 6. The first-order valence-corrected chi connectivity index (χ1v) is 16.5. The number of rotatable bonds is 14. The van der Waals surface area contributed by atoms with Gasteiger partial charge < -0.3 is 36.8 Å². The number of piperidine rings is 1. The lowest BCUT2D eigenvalue weighted by molar-refractivity contribution is -0.227. The van der Waals surface area contributed by atoms with Crippen molar-refractivity contribution in [2.75, 3.05) is 32.0 Å². The maximum absolute atomic E-state index is 13.3. The molecule has 256 valence electrons. The van der Waals surface area contributed by atoms with Crippen LogP contribution in [0, 0.1) is 12.8 Å². The molecule has 0 aliphatic carbocycles. The first kappa shape index (κ1) is 35.5. The number of ether oxygens (including phenoxy) is 1. The minimum Gasteiger partial charge on any atom is -0.489 e. The van der Waals surface area contributed by atoms with Crippen LogP contribution in [0.3, 0.4) is 0 Å². The Hall–Kier alpha value is -4.37. The number of benzene rings is 1. The van der Waals surface area contributed by atoms with Gasteiger partial charge in [0.05, 0.1) is 17.5 Å². The highest BCUT2D eigenvalue weighted by molar-refractivity contribution is 7.80. The Kier molecular flexibility index (Phi) is 11.0. The van der Waals surface area contributed by atoms with Gasteiger partial charge in [0.25, 0.3) is 17.9 Å². The van der Waals surface area contributed by atoms with E-state index < -0.39 is 58.1 Å². The fourth-order valence-electron chi connectivity index (χ4n) is 4.85. The summed E-state index contributed by atoms with van der Waals surface area (Å²) in [4.78, 5) is 52.1. The Bertz CT molecular complexity index is 1650. The number of carbonyl (C=O) groups excluding carboxylic acids is 2. The molecule has 2 saturated heterocycles. The predicted molar refractivity (Wildman–Crippen MR) is 169 cm³/mol. The Balaban J connectivity index is 1.42. The van der Waals surface area contributed by atoms with Gasteiger partial charge in [-0.1, -0.05) is 5.16 Å². The molecule has 0 bridgehead atoms. The van der Waals surface area contributed by atoms with E-state index in [0.29, 0.717) is 27.1 Å². The summed E-state index contributed by atoms with van der Waals surface area (Å²) in [5.74, 6) is -3.39. The standard InChI is InChI=1S/C27H36N8O10S2/c1-14-20(33-26(29)46-14)21(23(36)31-12-18-24(37)35(27(18,2)3)45-47(40,41)42)34-44-19(25(38)39)13-43-17-8-6-15(7-9-17)22(28)32-16-5-4-10-30-11-16/h6-9,16,18-19,30H,4-5,10-13H2,1-3H3,(H2,28,32)(H2,29,33)(H,31,36)(H,38,39)(H,40,41,42)/b34-21-/t16-,18?,19+/m1/s1. The molecule has 2 fully saturated rings.